The molecule has 0 radical (unpaired) electrons. The van der Waals surface area contributed by atoms with Gasteiger partial charge >= 0.3 is 0 Å². The van der Waals surface area contributed by atoms with Gasteiger partial charge in [0.25, 0.3) is 0 Å². The van der Waals surface area contributed by atoms with Crippen LogP contribution < -0.4 is 5.73 Å². The molecule has 0 bridgehead atoms. The number of nitriles is 2. The van der Waals surface area contributed by atoms with Crippen LogP contribution in [0.3, 0.4) is 0 Å². The van der Waals surface area contributed by atoms with E-state index in [0.717, 1.165) is 18.7 Å². The van der Waals surface area contributed by atoms with E-state index in [4.69, 9.17) is 5.73 Å². The fourth-order valence-electron chi connectivity index (χ4n) is 2.87. The maximum absolute atomic E-state index is 10.8. The Kier molecular flexibility index (Phi) is 6.37. The first-order valence-electron chi connectivity index (χ1n) is 7.03. The van der Waals surface area contributed by atoms with Crippen LogP contribution >= 0.6 is 12.4 Å². The summed E-state index contributed by atoms with van der Waals surface area (Å²) in [6, 6.07) is 11.9. The van der Waals surface area contributed by atoms with Crippen LogP contribution in [-0.2, 0) is 10.2 Å². The van der Waals surface area contributed by atoms with Crippen LogP contribution in [0.2, 0.25) is 0 Å². The van der Waals surface area contributed by atoms with E-state index >= 15 is 0 Å². The van der Waals surface area contributed by atoms with Gasteiger partial charge < -0.3 is 10.6 Å². The molecule has 0 aromatic heterocycles. The van der Waals surface area contributed by atoms with E-state index in [-0.39, 0.29) is 18.3 Å². The number of amides is 1. The van der Waals surface area contributed by atoms with E-state index in [0.29, 0.717) is 31.4 Å². The van der Waals surface area contributed by atoms with Gasteiger partial charge in [0, 0.05) is 13.0 Å². The smallest absolute Gasteiger partial charge is 0.218 e. The van der Waals surface area contributed by atoms with Crippen LogP contribution in [0.4, 0.5) is 0 Å². The van der Waals surface area contributed by atoms with Crippen molar-refractivity contribution >= 4 is 18.3 Å². The summed E-state index contributed by atoms with van der Waals surface area (Å²) >= 11 is 0. The number of carbonyl (C=O) groups excluding carboxylic acids is 1. The van der Waals surface area contributed by atoms with Gasteiger partial charge in [0.2, 0.25) is 5.91 Å². The van der Waals surface area contributed by atoms with E-state index in [2.05, 4.69) is 17.0 Å². The third kappa shape index (κ3) is 3.76. The number of halogens is 1. The minimum Gasteiger partial charge on any atom is -0.370 e. The van der Waals surface area contributed by atoms with Gasteiger partial charge in [-0.2, -0.15) is 10.5 Å². The van der Waals surface area contributed by atoms with Crippen molar-refractivity contribution in [3.05, 3.63) is 35.4 Å². The van der Waals surface area contributed by atoms with Crippen molar-refractivity contribution in [2.45, 2.75) is 24.7 Å². The fraction of sp³-hybridized carbons (Fsp3) is 0.438. The Morgan fingerprint density at radius 3 is 2.45 bits per heavy atom. The van der Waals surface area contributed by atoms with E-state index in [1.54, 1.807) is 6.07 Å². The number of hydrogen-bond donors (Lipinski definition) is 1. The number of benzene rings is 1. The molecule has 1 aromatic carbocycles. The lowest BCUT2D eigenvalue weighted by Gasteiger charge is -2.37. The summed E-state index contributed by atoms with van der Waals surface area (Å²) in [5.41, 5.74) is 5.96. The van der Waals surface area contributed by atoms with Gasteiger partial charge in [-0.05, 0) is 37.6 Å². The molecular formula is C16H19ClN4O. The maximum Gasteiger partial charge on any atom is 0.218 e. The predicted octanol–water partition coefficient (Wildman–Crippen LogP) is 1.71. The molecule has 1 aromatic rings. The molecule has 1 aliphatic rings. The van der Waals surface area contributed by atoms with Gasteiger partial charge in [-0.1, -0.05) is 18.2 Å². The Morgan fingerprint density at radius 1 is 1.27 bits per heavy atom. The van der Waals surface area contributed by atoms with Crippen molar-refractivity contribution in [3.8, 4) is 12.1 Å². The monoisotopic (exact) mass is 318 g/mol. The van der Waals surface area contributed by atoms with Crippen LogP contribution in [-0.4, -0.2) is 30.4 Å². The zero-order valence-corrected chi connectivity index (χ0v) is 13.1. The molecule has 0 unspecified atom stereocenters. The molecule has 1 heterocycles. The van der Waals surface area contributed by atoms with Crippen LogP contribution in [0.5, 0.6) is 0 Å². The molecule has 6 heteroatoms. The summed E-state index contributed by atoms with van der Waals surface area (Å²) in [6.45, 7) is 2.11. The topological polar surface area (TPSA) is 93.9 Å². The molecule has 0 saturated carbocycles. The average Bonchev–Trinajstić information content (AvgIpc) is 2.53. The SMILES string of the molecule is Cl.N#Cc1ccccc1C1(C#N)CCN(CCC(N)=O)CC1. The van der Waals surface area contributed by atoms with Gasteiger partial charge in [0.1, 0.15) is 0 Å². The Balaban J connectivity index is 0.00000242. The summed E-state index contributed by atoms with van der Waals surface area (Å²) in [7, 11) is 0. The third-order valence-electron chi connectivity index (χ3n) is 4.16. The van der Waals surface area contributed by atoms with Gasteiger partial charge in [-0.3, -0.25) is 4.79 Å². The second kappa shape index (κ2) is 7.79. The van der Waals surface area contributed by atoms with Crippen molar-refractivity contribution in [1.29, 1.82) is 10.5 Å². The lowest BCUT2D eigenvalue weighted by Crippen LogP contribution is -2.43. The summed E-state index contributed by atoms with van der Waals surface area (Å²) in [5.74, 6) is -0.304. The van der Waals surface area contributed by atoms with E-state index in [9.17, 15) is 15.3 Å². The predicted molar refractivity (Wildman–Crippen MR) is 85.2 cm³/mol. The highest BCUT2D eigenvalue weighted by atomic mass is 35.5. The minimum absolute atomic E-state index is 0. The number of hydrogen-bond acceptors (Lipinski definition) is 4. The second-order valence-electron chi connectivity index (χ2n) is 5.41. The van der Waals surface area contributed by atoms with Crippen molar-refractivity contribution < 1.29 is 4.79 Å². The highest BCUT2D eigenvalue weighted by Gasteiger charge is 2.37. The molecule has 1 aliphatic heterocycles. The van der Waals surface area contributed by atoms with Gasteiger partial charge in [0.05, 0.1) is 23.1 Å². The molecule has 0 spiro atoms. The van der Waals surface area contributed by atoms with Gasteiger partial charge in [0.15, 0.2) is 0 Å². The number of primary amides is 1. The molecule has 116 valence electrons. The maximum atomic E-state index is 10.8. The van der Waals surface area contributed by atoms with E-state index in [1.807, 2.05) is 18.2 Å². The first kappa shape index (κ1) is 18.0. The lowest BCUT2D eigenvalue weighted by atomic mass is 9.72. The van der Waals surface area contributed by atoms with Crippen molar-refractivity contribution in [2.75, 3.05) is 19.6 Å². The number of carbonyl (C=O) groups is 1. The van der Waals surface area contributed by atoms with Gasteiger partial charge in [-0.25, -0.2) is 0 Å². The molecule has 0 aliphatic carbocycles. The largest absolute Gasteiger partial charge is 0.370 e. The fourth-order valence-corrected chi connectivity index (χ4v) is 2.87. The normalized spacial score (nSPS) is 16.8. The first-order chi connectivity index (χ1) is 10.1. The van der Waals surface area contributed by atoms with Crippen molar-refractivity contribution in [1.82, 2.24) is 4.90 Å². The summed E-state index contributed by atoms with van der Waals surface area (Å²) in [5, 5.41) is 18.9. The van der Waals surface area contributed by atoms with E-state index < -0.39 is 5.41 Å². The zero-order valence-electron chi connectivity index (χ0n) is 12.3. The quantitative estimate of drug-likeness (QED) is 0.914. The molecular weight excluding hydrogens is 300 g/mol. The molecule has 0 atom stereocenters. The van der Waals surface area contributed by atoms with E-state index in [1.165, 1.54) is 0 Å². The number of nitrogens with zero attached hydrogens (tertiary/aromatic N) is 3. The highest BCUT2D eigenvalue weighted by Crippen LogP contribution is 2.36. The molecule has 2 N–H and O–H groups in total. The standard InChI is InChI=1S/C16H18N4O.ClH/c17-11-13-3-1-2-4-14(13)16(12-18)6-9-20(10-7-16)8-5-15(19)21;/h1-4H,5-10H2,(H2,19,21);1H. The van der Waals surface area contributed by atoms with Gasteiger partial charge in [-0.15, -0.1) is 12.4 Å². The number of likely N-dealkylation sites (tertiary alicyclic amines) is 1. The van der Waals surface area contributed by atoms with Crippen LogP contribution in [0, 0.1) is 22.7 Å². The molecule has 1 fully saturated rings. The van der Waals surface area contributed by atoms with Crippen LogP contribution in [0.1, 0.15) is 30.4 Å². The Labute approximate surface area is 136 Å². The Hall–Kier alpha value is -2.08. The van der Waals surface area contributed by atoms with Crippen molar-refractivity contribution in [3.63, 3.8) is 0 Å². The molecule has 5 nitrogen and oxygen atoms in total. The zero-order chi connectivity index (χ0) is 15.3. The summed E-state index contributed by atoms with van der Waals surface area (Å²) in [6.07, 6.45) is 1.68. The molecule has 2 rings (SSSR count). The number of nitrogens with two attached hydrogens (primary N) is 1. The third-order valence-corrected chi connectivity index (χ3v) is 4.16. The Bertz CT molecular complexity index is 609. The molecule has 1 saturated heterocycles. The lowest BCUT2D eigenvalue weighted by molar-refractivity contribution is -0.118. The second-order valence-corrected chi connectivity index (χ2v) is 5.41. The first-order valence-corrected chi connectivity index (χ1v) is 7.03. The van der Waals surface area contributed by atoms with Crippen molar-refractivity contribution in [2.24, 2.45) is 5.73 Å². The minimum atomic E-state index is -0.602. The molecule has 22 heavy (non-hydrogen) atoms. The van der Waals surface area contributed by atoms with Crippen LogP contribution in [0.25, 0.3) is 0 Å². The molecule has 1 amide bonds. The average molecular weight is 319 g/mol. The van der Waals surface area contributed by atoms with Crippen LogP contribution in [0.15, 0.2) is 24.3 Å². The Morgan fingerprint density at radius 2 is 1.91 bits per heavy atom. The number of rotatable bonds is 4. The summed E-state index contributed by atoms with van der Waals surface area (Å²) < 4.78 is 0. The number of piperidine rings is 1. The summed E-state index contributed by atoms with van der Waals surface area (Å²) in [4.78, 5) is 13.0. The highest BCUT2D eigenvalue weighted by molar-refractivity contribution is 5.85.